The van der Waals surface area contributed by atoms with Gasteiger partial charge in [-0.2, -0.15) is 0 Å². The number of anilines is 1. The standard InChI is InChI=1S/C30H35N7O5S/c1-30(2,3)42-29(39)34-26-25-27(32-18-31-26)37(19-33-25)24-15-14-21(41-24)16-36(4)43-35-28(38)22-12-8-9-13-23(22)40-17-20-10-6-5-7-11-20/h5-13,18-19,21,24H,14-17H2,1-4H3,(H,35,38)(H,31,32,34,39). The molecular weight excluding hydrogens is 570 g/mol. The average molecular weight is 606 g/mol. The number of para-hydroxylation sites is 1. The van der Waals surface area contributed by atoms with Crippen LogP contribution in [0.4, 0.5) is 10.6 Å². The molecule has 2 unspecified atom stereocenters. The first kappa shape index (κ1) is 30.3. The van der Waals surface area contributed by atoms with Gasteiger partial charge in [-0.3, -0.25) is 19.4 Å². The zero-order valence-electron chi connectivity index (χ0n) is 24.5. The average Bonchev–Trinajstić information content (AvgIpc) is 3.62. The summed E-state index contributed by atoms with van der Waals surface area (Å²) in [6.07, 6.45) is 3.62. The van der Waals surface area contributed by atoms with E-state index in [1.54, 1.807) is 39.2 Å². The Kier molecular flexibility index (Phi) is 9.43. The van der Waals surface area contributed by atoms with E-state index in [2.05, 4.69) is 25.0 Å². The lowest BCUT2D eigenvalue weighted by atomic mass is 10.2. The van der Waals surface area contributed by atoms with Gasteiger partial charge >= 0.3 is 6.09 Å². The molecule has 2 aromatic heterocycles. The van der Waals surface area contributed by atoms with E-state index < -0.39 is 11.7 Å². The van der Waals surface area contributed by atoms with Gasteiger partial charge in [0.2, 0.25) is 0 Å². The maximum absolute atomic E-state index is 13.0. The number of carbonyl (C=O) groups is 2. The van der Waals surface area contributed by atoms with E-state index in [9.17, 15) is 9.59 Å². The lowest BCUT2D eigenvalue weighted by molar-refractivity contribution is -0.000393. The fourth-order valence-corrected chi connectivity index (χ4v) is 5.18. The highest BCUT2D eigenvalue weighted by Gasteiger charge is 2.30. The van der Waals surface area contributed by atoms with Crippen LogP contribution in [0.5, 0.6) is 5.75 Å². The number of imidazole rings is 1. The lowest BCUT2D eigenvalue weighted by Gasteiger charge is -2.21. The minimum Gasteiger partial charge on any atom is -0.488 e. The van der Waals surface area contributed by atoms with Crippen LogP contribution in [0.25, 0.3) is 11.2 Å². The molecule has 0 aliphatic carbocycles. The number of aromatic nitrogens is 4. The largest absolute Gasteiger partial charge is 0.488 e. The first-order valence-electron chi connectivity index (χ1n) is 13.9. The molecule has 0 spiro atoms. The summed E-state index contributed by atoms with van der Waals surface area (Å²) >= 11 is 1.21. The number of hydrogen-bond donors (Lipinski definition) is 2. The molecule has 4 aromatic rings. The molecule has 226 valence electrons. The summed E-state index contributed by atoms with van der Waals surface area (Å²) in [5.41, 5.74) is 1.85. The zero-order valence-corrected chi connectivity index (χ0v) is 25.3. The van der Waals surface area contributed by atoms with Gasteiger partial charge in [0.25, 0.3) is 5.91 Å². The molecule has 5 rings (SSSR count). The lowest BCUT2D eigenvalue weighted by Crippen LogP contribution is -2.29. The van der Waals surface area contributed by atoms with Crippen molar-refractivity contribution in [2.24, 2.45) is 0 Å². The molecule has 43 heavy (non-hydrogen) atoms. The molecule has 0 bridgehead atoms. The Hall–Kier alpha value is -4.20. The molecular formula is C30H35N7O5S. The van der Waals surface area contributed by atoms with Gasteiger partial charge in [-0.25, -0.2) is 24.1 Å². The van der Waals surface area contributed by atoms with Gasteiger partial charge < -0.3 is 14.2 Å². The predicted molar refractivity (Wildman–Crippen MR) is 163 cm³/mol. The number of carbonyl (C=O) groups excluding carboxylic acids is 2. The number of hydrogen-bond acceptors (Lipinski definition) is 10. The number of fused-ring (bicyclic) bond motifs is 1. The van der Waals surface area contributed by atoms with Crippen LogP contribution < -0.4 is 14.8 Å². The summed E-state index contributed by atoms with van der Waals surface area (Å²) in [4.78, 5) is 38.2. The van der Waals surface area contributed by atoms with E-state index in [0.29, 0.717) is 35.6 Å². The van der Waals surface area contributed by atoms with Crippen molar-refractivity contribution < 1.29 is 23.8 Å². The van der Waals surface area contributed by atoms with Crippen LogP contribution in [0.3, 0.4) is 0 Å². The van der Waals surface area contributed by atoms with Crippen LogP contribution in [-0.2, 0) is 16.1 Å². The monoisotopic (exact) mass is 605 g/mol. The van der Waals surface area contributed by atoms with Gasteiger partial charge in [0.1, 0.15) is 30.5 Å². The molecule has 3 heterocycles. The molecule has 1 saturated heterocycles. The third kappa shape index (κ3) is 8.00. The minimum absolute atomic E-state index is 0.0699. The van der Waals surface area contributed by atoms with E-state index in [0.717, 1.165) is 18.4 Å². The molecule has 1 aliphatic rings. The summed E-state index contributed by atoms with van der Waals surface area (Å²) in [5.74, 6) is 0.549. The van der Waals surface area contributed by atoms with Gasteiger partial charge in [0, 0.05) is 18.7 Å². The summed E-state index contributed by atoms with van der Waals surface area (Å²) < 4.78 is 24.3. The van der Waals surface area contributed by atoms with E-state index in [4.69, 9.17) is 14.2 Å². The Balaban J connectivity index is 1.13. The third-order valence-corrected chi connectivity index (χ3v) is 7.23. The van der Waals surface area contributed by atoms with Gasteiger partial charge in [-0.15, -0.1) is 0 Å². The smallest absolute Gasteiger partial charge is 0.413 e. The molecule has 0 radical (unpaired) electrons. The number of benzene rings is 2. The van der Waals surface area contributed by atoms with Crippen molar-refractivity contribution in [3.8, 4) is 5.75 Å². The SMILES string of the molecule is CN(CC1CCC(n2cnc3c(NC(=O)OC(C)(C)C)ncnc32)O1)SNC(=O)c1ccccc1OCc1ccccc1. The molecule has 1 fully saturated rings. The van der Waals surface area contributed by atoms with Gasteiger partial charge in [-0.05, 0) is 58.4 Å². The molecule has 2 aromatic carbocycles. The molecule has 0 saturated carbocycles. The van der Waals surface area contributed by atoms with Crippen LogP contribution in [0.2, 0.25) is 0 Å². The van der Waals surface area contributed by atoms with E-state index >= 15 is 0 Å². The third-order valence-electron chi connectivity index (χ3n) is 6.50. The van der Waals surface area contributed by atoms with E-state index in [1.165, 1.54) is 18.5 Å². The highest BCUT2D eigenvalue weighted by atomic mass is 32.2. The van der Waals surface area contributed by atoms with Crippen LogP contribution in [0.1, 0.15) is 55.8 Å². The fraction of sp³-hybridized carbons (Fsp3) is 0.367. The van der Waals surface area contributed by atoms with Gasteiger partial charge in [0.05, 0.1) is 18.0 Å². The second-order valence-corrected chi connectivity index (χ2v) is 12.1. The Bertz CT molecular complexity index is 1560. The topological polar surface area (TPSA) is 133 Å². The molecule has 12 nitrogen and oxygen atoms in total. The van der Waals surface area contributed by atoms with Crippen molar-refractivity contribution in [2.75, 3.05) is 18.9 Å². The van der Waals surface area contributed by atoms with E-state index in [1.807, 2.05) is 58.4 Å². The minimum atomic E-state index is -0.641. The van der Waals surface area contributed by atoms with Crippen molar-refractivity contribution in [1.29, 1.82) is 0 Å². The number of rotatable bonds is 10. The van der Waals surface area contributed by atoms with Crippen molar-refractivity contribution in [3.05, 3.63) is 78.4 Å². The second-order valence-electron chi connectivity index (χ2n) is 11.1. The van der Waals surface area contributed by atoms with Crippen molar-refractivity contribution in [2.45, 2.75) is 58.2 Å². The Morgan fingerprint density at radius 1 is 1.07 bits per heavy atom. The second kappa shape index (κ2) is 13.4. The highest BCUT2D eigenvalue weighted by Crippen LogP contribution is 2.32. The van der Waals surface area contributed by atoms with Crippen molar-refractivity contribution in [1.82, 2.24) is 28.5 Å². The first-order chi connectivity index (χ1) is 20.7. The molecule has 13 heteroatoms. The number of ether oxygens (including phenoxy) is 3. The number of amides is 2. The highest BCUT2D eigenvalue weighted by molar-refractivity contribution is 7.95. The number of nitrogens with zero attached hydrogens (tertiary/aromatic N) is 5. The zero-order chi connectivity index (χ0) is 30.4. The van der Waals surface area contributed by atoms with Crippen molar-refractivity contribution in [3.63, 3.8) is 0 Å². The van der Waals surface area contributed by atoms with Crippen LogP contribution >= 0.6 is 12.1 Å². The molecule has 2 amide bonds. The Labute approximate surface area is 254 Å². The summed E-state index contributed by atoms with van der Waals surface area (Å²) in [7, 11) is 1.90. The first-order valence-corrected chi connectivity index (χ1v) is 14.7. The maximum Gasteiger partial charge on any atom is 0.413 e. The van der Waals surface area contributed by atoms with Gasteiger partial charge in [0.15, 0.2) is 17.0 Å². The predicted octanol–water partition coefficient (Wildman–Crippen LogP) is 5.35. The van der Waals surface area contributed by atoms with Gasteiger partial charge in [-0.1, -0.05) is 42.5 Å². The Morgan fingerprint density at radius 2 is 1.84 bits per heavy atom. The summed E-state index contributed by atoms with van der Waals surface area (Å²) in [6, 6.07) is 17.0. The molecule has 1 aliphatic heterocycles. The summed E-state index contributed by atoms with van der Waals surface area (Å²) in [6.45, 7) is 6.32. The molecule has 2 N–H and O–H groups in total. The normalized spacial score (nSPS) is 16.8. The van der Waals surface area contributed by atoms with Crippen LogP contribution in [0.15, 0.2) is 67.3 Å². The molecule has 2 atom stereocenters. The van der Waals surface area contributed by atoms with Crippen LogP contribution in [0, 0.1) is 0 Å². The quantitative estimate of drug-likeness (QED) is 0.228. The number of likely N-dealkylation sites (N-methyl/N-ethyl adjacent to an activating group) is 1. The van der Waals surface area contributed by atoms with Crippen molar-refractivity contribution >= 4 is 41.1 Å². The maximum atomic E-state index is 13.0. The fourth-order valence-electron chi connectivity index (χ4n) is 4.59. The Morgan fingerprint density at radius 3 is 2.63 bits per heavy atom. The number of nitrogens with one attached hydrogen (secondary N) is 2. The van der Waals surface area contributed by atoms with Crippen LogP contribution in [-0.4, -0.2) is 61.1 Å². The summed E-state index contributed by atoms with van der Waals surface area (Å²) in [5, 5.41) is 2.65. The van der Waals surface area contributed by atoms with E-state index in [-0.39, 0.29) is 24.1 Å².